The minimum Gasteiger partial charge on any atom is -0.323 e. The van der Waals surface area contributed by atoms with Crippen LogP contribution in [0.5, 0.6) is 0 Å². The predicted molar refractivity (Wildman–Crippen MR) is 90.6 cm³/mol. The second-order valence-electron chi connectivity index (χ2n) is 2.81. The summed E-state index contributed by atoms with van der Waals surface area (Å²) < 4.78 is 0. The molecule has 1 nitrogen and oxygen atoms in total. The van der Waals surface area contributed by atoms with Gasteiger partial charge < -0.3 is 5.32 Å². The van der Waals surface area contributed by atoms with E-state index in [0.29, 0.717) is 0 Å². The number of rotatable bonds is 0. The van der Waals surface area contributed by atoms with E-state index in [0.717, 1.165) is 0 Å². The first kappa shape index (κ1) is 22.6. The van der Waals surface area contributed by atoms with E-state index in [4.69, 9.17) is 0 Å². The van der Waals surface area contributed by atoms with E-state index in [2.05, 4.69) is 5.32 Å². The lowest BCUT2D eigenvalue weighted by Gasteiger charge is -1.69. The van der Waals surface area contributed by atoms with Crippen LogP contribution in [-0.4, -0.2) is 14.1 Å². The van der Waals surface area contributed by atoms with Crippen molar-refractivity contribution in [3.8, 4) is 0 Å². The molecule has 2 aromatic carbocycles. The Balaban J connectivity index is -0.000000187. The summed E-state index contributed by atoms with van der Waals surface area (Å²) >= 11 is 0. The summed E-state index contributed by atoms with van der Waals surface area (Å²) in [6, 6.07) is 24.0. The summed E-state index contributed by atoms with van der Waals surface area (Å²) in [6.45, 7) is 8.00. The standard InChI is InChI=1S/2C6H6.C2H7N.2C2H6/c2*1-2-4-6-5-3-1;1-3-2;2*1-2/h2*1-6H;3H,1-2H3;2*1-2H3. The highest BCUT2D eigenvalue weighted by atomic mass is 14.7. The number of hydrogen-bond acceptors (Lipinski definition) is 1. The third-order valence-electron chi connectivity index (χ3n) is 1.33. The second-order valence-corrected chi connectivity index (χ2v) is 2.81. The number of hydrogen-bond donors (Lipinski definition) is 1. The molecule has 0 unspecified atom stereocenters. The molecule has 108 valence electrons. The van der Waals surface area contributed by atoms with Crippen LogP contribution in [0.15, 0.2) is 72.8 Å². The smallest absolute Gasteiger partial charge is 0.0167 e. The summed E-state index contributed by atoms with van der Waals surface area (Å²) in [5.41, 5.74) is 0. The fourth-order valence-electron chi connectivity index (χ4n) is 0.770. The van der Waals surface area contributed by atoms with Gasteiger partial charge in [0.05, 0.1) is 0 Å². The van der Waals surface area contributed by atoms with Gasteiger partial charge in [-0.15, -0.1) is 0 Å². The van der Waals surface area contributed by atoms with E-state index < -0.39 is 0 Å². The van der Waals surface area contributed by atoms with Crippen molar-refractivity contribution < 1.29 is 0 Å². The number of benzene rings is 2. The summed E-state index contributed by atoms with van der Waals surface area (Å²) in [5.74, 6) is 0. The Labute approximate surface area is 120 Å². The Morgan fingerprint density at radius 3 is 0.474 bits per heavy atom. The van der Waals surface area contributed by atoms with Gasteiger partial charge in [0, 0.05) is 0 Å². The lowest BCUT2D eigenvalue weighted by Crippen LogP contribution is -1.89. The SMILES string of the molecule is CC.CC.CNC.c1ccccc1.c1ccccc1. The molecule has 0 aliphatic rings. The lowest BCUT2D eigenvalue weighted by atomic mass is 10.4. The average Bonchev–Trinajstić information content (AvgIpc) is 2.56. The highest BCUT2D eigenvalue weighted by molar-refractivity contribution is 4.99. The zero-order chi connectivity index (χ0) is 15.2. The van der Waals surface area contributed by atoms with Gasteiger partial charge >= 0.3 is 0 Å². The van der Waals surface area contributed by atoms with E-state index in [9.17, 15) is 0 Å². The molecule has 0 fully saturated rings. The van der Waals surface area contributed by atoms with Crippen LogP contribution >= 0.6 is 0 Å². The quantitative estimate of drug-likeness (QED) is 0.682. The van der Waals surface area contributed by atoms with Crippen molar-refractivity contribution in [2.24, 2.45) is 0 Å². The van der Waals surface area contributed by atoms with E-state index >= 15 is 0 Å². The van der Waals surface area contributed by atoms with Gasteiger partial charge in [-0.2, -0.15) is 0 Å². The maximum absolute atomic E-state index is 2.75. The van der Waals surface area contributed by atoms with Gasteiger partial charge in [-0.05, 0) is 14.1 Å². The van der Waals surface area contributed by atoms with Gasteiger partial charge in [-0.3, -0.25) is 0 Å². The van der Waals surface area contributed by atoms with Crippen LogP contribution in [0.3, 0.4) is 0 Å². The summed E-state index contributed by atoms with van der Waals surface area (Å²) in [6.07, 6.45) is 0. The molecule has 19 heavy (non-hydrogen) atoms. The van der Waals surface area contributed by atoms with Crippen LogP contribution in [0.2, 0.25) is 0 Å². The molecule has 0 aliphatic carbocycles. The number of nitrogens with one attached hydrogen (secondary N) is 1. The first-order valence-corrected chi connectivity index (χ1v) is 7.00. The van der Waals surface area contributed by atoms with Crippen molar-refractivity contribution in [2.45, 2.75) is 27.7 Å². The molecule has 0 heterocycles. The molecule has 0 amide bonds. The zero-order valence-electron chi connectivity index (χ0n) is 13.4. The van der Waals surface area contributed by atoms with E-state index in [1.54, 1.807) is 0 Å². The first-order valence-electron chi connectivity index (χ1n) is 7.00. The predicted octanol–water partition coefficient (Wildman–Crippen LogP) is 5.26. The van der Waals surface area contributed by atoms with Gasteiger partial charge in [0.1, 0.15) is 0 Å². The van der Waals surface area contributed by atoms with Gasteiger partial charge in [-0.25, -0.2) is 0 Å². The van der Waals surface area contributed by atoms with Gasteiger partial charge in [0.25, 0.3) is 0 Å². The topological polar surface area (TPSA) is 12.0 Å². The summed E-state index contributed by atoms with van der Waals surface area (Å²) in [4.78, 5) is 0. The second kappa shape index (κ2) is 29.9. The zero-order valence-corrected chi connectivity index (χ0v) is 13.4. The summed E-state index contributed by atoms with van der Waals surface area (Å²) in [5, 5.41) is 2.75. The molecule has 0 aromatic heterocycles. The molecule has 0 aliphatic heterocycles. The lowest BCUT2D eigenvalue weighted by molar-refractivity contribution is 1.02. The third-order valence-corrected chi connectivity index (χ3v) is 1.33. The monoisotopic (exact) mass is 261 g/mol. The Kier molecular flexibility index (Phi) is 35.5. The molecular weight excluding hydrogens is 230 g/mol. The fourth-order valence-corrected chi connectivity index (χ4v) is 0.770. The molecule has 0 radical (unpaired) electrons. The van der Waals surface area contributed by atoms with Gasteiger partial charge in [0.15, 0.2) is 0 Å². The normalized spacial score (nSPS) is 6.63. The molecule has 2 rings (SSSR count). The Morgan fingerprint density at radius 1 is 0.368 bits per heavy atom. The van der Waals surface area contributed by atoms with Gasteiger partial charge in [-0.1, -0.05) is 100 Å². The van der Waals surface area contributed by atoms with Crippen molar-refractivity contribution in [1.29, 1.82) is 0 Å². The maximum Gasteiger partial charge on any atom is -0.0167 e. The van der Waals surface area contributed by atoms with Crippen LogP contribution in [0.25, 0.3) is 0 Å². The largest absolute Gasteiger partial charge is 0.323 e. The average molecular weight is 261 g/mol. The van der Waals surface area contributed by atoms with Crippen LogP contribution in [0.1, 0.15) is 27.7 Å². The van der Waals surface area contributed by atoms with Crippen molar-refractivity contribution in [1.82, 2.24) is 5.32 Å². The molecular formula is C18H31N. The molecule has 0 saturated heterocycles. The molecule has 0 spiro atoms. The van der Waals surface area contributed by atoms with Crippen LogP contribution in [0.4, 0.5) is 0 Å². The Bertz CT molecular complexity index is 194. The van der Waals surface area contributed by atoms with E-state index in [1.165, 1.54) is 0 Å². The first-order chi connectivity index (χ1) is 9.41. The maximum atomic E-state index is 2.75. The minimum absolute atomic E-state index is 1.88. The highest BCUT2D eigenvalue weighted by Gasteiger charge is 1.58. The third kappa shape index (κ3) is 31.4. The molecule has 1 N–H and O–H groups in total. The molecule has 0 atom stereocenters. The van der Waals surface area contributed by atoms with E-state index in [1.807, 2.05) is 115 Å². The Morgan fingerprint density at radius 2 is 0.421 bits per heavy atom. The highest BCUT2D eigenvalue weighted by Crippen LogP contribution is 1.80. The van der Waals surface area contributed by atoms with Crippen LogP contribution < -0.4 is 5.32 Å². The Hall–Kier alpha value is -1.60. The van der Waals surface area contributed by atoms with Crippen molar-refractivity contribution in [3.05, 3.63) is 72.8 Å². The van der Waals surface area contributed by atoms with Crippen LogP contribution in [0, 0.1) is 0 Å². The molecule has 0 bridgehead atoms. The summed E-state index contributed by atoms with van der Waals surface area (Å²) in [7, 11) is 3.75. The van der Waals surface area contributed by atoms with Crippen molar-refractivity contribution in [2.75, 3.05) is 14.1 Å². The van der Waals surface area contributed by atoms with Crippen molar-refractivity contribution >= 4 is 0 Å². The minimum atomic E-state index is 1.88. The molecule has 2 aromatic rings. The fraction of sp³-hybridized carbons (Fsp3) is 0.333. The van der Waals surface area contributed by atoms with Crippen molar-refractivity contribution in [3.63, 3.8) is 0 Å². The molecule has 0 saturated carbocycles. The molecule has 1 heteroatoms. The van der Waals surface area contributed by atoms with Crippen LogP contribution in [-0.2, 0) is 0 Å². The van der Waals surface area contributed by atoms with Gasteiger partial charge in [0.2, 0.25) is 0 Å². The van der Waals surface area contributed by atoms with E-state index in [-0.39, 0.29) is 0 Å².